The molecule has 1 spiro atoms. The first kappa shape index (κ1) is 26.2. The van der Waals surface area contributed by atoms with Crippen molar-refractivity contribution in [1.29, 1.82) is 0 Å². The van der Waals surface area contributed by atoms with E-state index < -0.39 is 11.7 Å². The van der Waals surface area contributed by atoms with Gasteiger partial charge in [-0.05, 0) is 87.1 Å². The lowest BCUT2D eigenvalue weighted by Crippen LogP contribution is -2.39. The quantitative estimate of drug-likeness (QED) is 0.331. The molecule has 0 radical (unpaired) electrons. The number of halogens is 3. The fourth-order valence-electron chi connectivity index (χ4n) is 6.56. The molecule has 206 valence electrons. The fourth-order valence-corrected chi connectivity index (χ4v) is 7.40. The molecule has 1 aromatic carbocycles. The van der Waals surface area contributed by atoms with Gasteiger partial charge in [-0.15, -0.1) is 10.2 Å². The summed E-state index contributed by atoms with van der Waals surface area (Å²) >= 11 is 1.76. The summed E-state index contributed by atoms with van der Waals surface area (Å²) in [6.07, 6.45) is 3.04. The summed E-state index contributed by atoms with van der Waals surface area (Å²) in [4.78, 5) is 16.9. The van der Waals surface area contributed by atoms with Crippen molar-refractivity contribution in [3.05, 3.63) is 41.2 Å². The van der Waals surface area contributed by atoms with Crippen molar-refractivity contribution < 1.29 is 18.0 Å². The Balaban J connectivity index is 0.929. The number of likely N-dealkylation sites (tertiary alicyclic amines) is 2. The second-order valence-electron chi connectivity index (χ2n) is 11.7. The minimum absolute atomic E-state index is 0.254. The van der Waals surface area contributed by atoms with Gasteiger partial charge in [-0.25, -0.2) is 0 Å². The Hall–Kier alpha value is -2.07. The van der Waals surface area contributed by atoms with E-state index >= 15 is 0 Å². The summed E-state index contributed by atoms with van der Waals surface area (Å²) in [5, 5.41) is 9.93. The normalized spacial score (nSPS) is 26.4. The molecule has 38 heavy (non-hydrogen) atoms. The van der Waals surface area contributed by atoms with Crippen molar-refractivity contribution in [1.82, 2.24) is 24.6 Å². The van der Waals surface area contributed by atoms with Crippen molar-refractivity contribution in [3.63, 3.8) is 0 Å². The first-order chi connectivity index (χ1) is 18.2. The van der Waals surface area contributed by atoms with E-state index in [2.05, 4.69) is 26.7 Å². The number of amides is 1. The summed E-state index contributed by atoms with van der Waals surface area (Å²) in [6, 6.07) is 5.80. The van der Waals surface area contributed by atoms with Crippen LogP contribution in [0.15, 0.2) is 29.4 Å². The van der Waals surface area contributed by atoms with Gasteiger partial charge in [0, 0.05) is 44.3 Å². The second kappa shape index (κ2) is 10.2. The molecule has 1 aromatic heterocycles. The average Bonchev–Trinajstić information content (AvgIpc) is 3.80. The summed E-state index contributed by atoms with van der Waals surface area (Å²) < 4.78 is 40.8. The molecular weight excluding hydrogens is 511 g/mol. The van der Waals surface area contributed by atoms with E-state index in [4.69, 9.17) is 0 Å². The molecule has 2 aliphatic carbocycles. The van der Waals surface area contributed by atoms with Gasteiger partial charge in [0.05, 0.1) is 5.56 Å². The maximum atomic E-state index is 12.9. The van der Waals surface area contributed by atoms with E-state index in [1.807, 2.05) is 4.90 Å². The number of rotatable bonds is 8. The van der Waals surface area contributed by atoms with Gasteiger partial charge in [-0.3, -0.25) is 4.79 Å². The van der Waals surface area contributed by atoms with Crippen molar-refractivity contribution in [3.8, 4) is 0 Å². The van der Waals surface area contributed by atoms with Gasteiger partial charge < -0.3 is 14.4 Å². The molecule has 4 fully saturated rings. The molecule has 2 aliphatic heterocycles. The molecule has 2 atom stereocenters. The Morgan fingerprint density at radius 1 is 1.08 bits per heavy atom. The monoisotopic (exact) mass is 547 g/mol. The average molecular weight is 548 g/mol. The highest BCUT2D eigenvalue weighted by atomic mass is 32.2. The predicted molar refractivity (Wildman–Crippen MR) is 140 cm³/mol. The molecular formula is C28H36F3N5OS. The summed E-state index contributed by atoms with van der Waals surface area (Å²) in [6.45, 7) is 4.79. The SMILES string of the molecule is Cn1c(SCCCN2CC[C@]3(C[C@@H]3c3ccc(C(F)(F)F)cc3)C2)nnc1C1CCN(C(=O)C2CC2)CC1. The van der Waals surface area contributed by atoms with Crippen molar-refractivity contribution in [2.45, 2.75) is 68.1 Å². The number of alkyl halides is 3. The highest BCUT2D eigenvalue weighted by molar-refractivity contribution is 7.99. The Kier molecular flexibility index (Phi) is 6.99. The fraction of sp³-hybridized carbons (Fsp3) is 0.679. The van der Waals surface area contributed by atoms with Crippen molar-refractivity contribution >= 4 is 17.7 Å². The minimum Gasteiger partial charge on any atom is -0.342 e. The maximum Gasteiger partial charge on any atom is 0.416 e. The highest BCUT2D eigenvalue weighted by Gasteiger charge is 2.57. The number of carbonyl (C=O) groups is 1. The van der Waals surface area contributed by atoms with Crippen molar-refractivity contribution in [2.24, 2.45) is 18.4 Å². The lowest BCUT2D eigenvalue weighted by atomic mass is 9.95. The minimum atomic E-state index is -4.27. The van der Waals surface area contributed by atoms with Crippen LogP contribution in [-0.2, 0) is 18.0 Å². The molecule has 0 bridgehead atoms. The smallest absolute Gasteiger partial charge is 0.342 e. The molecule has 0 unspecified atom stereocenters. The Morgan fingerprint density at radius 2 is 1.82 bits per heavy atom. The van der Waals surface area contributed by atoms with Crippen LogP contribution in [0.4, 0.5) is 13.2 Å². The molecule has 6 rings (SSSR count). The van der Waals surface area contributed by atoms with Gasteiger partial charge in [0.15, 0.2) is 5.16 Å². The van der Waals surface area contributed by atoms with Gasteiger partial charge in [-0.1, -0.05) is 23.9 Å². The van der Waals surface area contributed by atoms with Gasteiger partial charge in [0.2, 0.25) is 5.91 Å². The number of piperidine rings is 1. The zero-order valence-corrected chi connectivity index (χ0v) is 22.7. The third-order valence-electron chi connectivity index (χ3n) is 9.11. The van der Waals surface area contributed by atoms with Crippen LogP contribution >= 0.6 is 11.8 Å². The number of nitrogens with zero attached hydrogens (tertiary/aromatic N) is 5. The third-order valence-corrected chi connectivity index (χ3v) is 10.2. The second-order valence-corrected chi connectivity index (χ2v) is 12.8. The first-order valence-electron chi connectivity index (χ1n) is 13.9. The van der Waals surface area contributed by atoms with Crippen LogP contribution in [0.25, 0.3) is 0 Å². The predicted octanol–water partition coefficient (Wildman–Crippen LogP) is 5.31. The Morgan fingerprint density at radius 3 is 2.50 bits per heavy atom. The van der Waals surface area contributed by atoms with E-state index in [-0.39, 0.29) is 5.41 Å². The number of hydrogen-bond acceptors (Lipinski definition) is 5. The number of aromatic nitrogens is 3. The van der Waals surface area contributed by atoms with E-state index in [9.17, 15) is 18.0 Å². The number of carbonyl (C=O) groups excluding carboxylic acids is 1. The zero-order chi connectivity index (χ0) is 26.5. The molecule has 1 amide bonds. The van der Waals surface area contributed by atoms with Crippen LogP contribution in [0.3, 0.4) is 0 Å². The van der Waals surface area contributed by atoms with Crippen LogP contribution in [-0.4, -0.2) is 68.9 Å². The van der Waals surface area contributed by atoms with Gasteiger partial charge in [0.1, 0.15) is 5.82 Å². The highest BCUT2D eigenvalue weighted by Crippen LogP contribution is 2.64. The van der Waals surface area contributed by atoms with Crippen molar-refractivity contribution in [2.75, 3.05) is 38.5 Å². The van der Waals surface area contributed by atoms with Crippen LogP contribution < -0.4 is 0 Å². The lowest BCUT2D eigenvalue weighted by molar-refractivity contribution is -0.137. The Labute approximate surface area is 226 Å². The van der Waals surface area contributed by atoms with Gasteiger partial charge >= 0.3 is 6.18 Å². The van der Waals surface area contributed by atoms with E-state index in [0.29, 0.717) is 23.7 Å². The molecule has 2 saturated heterocycles. The molecule has 2 saturated carbocycles. The standard InChI is InChI=1S/C28H36F3N5OS/c1-34-24(20-9-13-36(14-10-20)25(37)21-3-4-21)32-33-26(34)38-16-2-12-35-15-11-27(18-35)17-23(27)19-5-7-22(8-6-19)28(29,30)31/h5-8,20-21,23H,2-4,9-18H2,1H3/t23-,27+/m1/s1. The van der Waals surface area contributed by atoms with Gasteiger partial charge in [-0.2, -0.15) is 13.2 Å². The molecule has 0 N–H and O–H groups in total. The third kappa shape index (κ3) is 5.35. The molecule has 3 heterocycles. The largest absolute Gasteiger partial charge is 0.416 e. The van der Waals surface area contributed by atoms with E-state index in [0.717, 1.165) is 100.0 Å². The Bertz CT molecular complexity index is 1160. The summed E-state index contributed by atoms with van der Waals surface area (Å²) in [5.41, 5.74) is 0.737. The molecule has 2 aromatic rings. The van der Waals surface area contributed by atoms with E-state index in [1.54, 1.807) is 23.9 Å². The molecule has 4 aliphatic rings. The summed E-state index contributed by atoms with van der Waals surface area (Å²) in [7, 11) is 2.05. The van der Waals surface area contributed by atoms with E-state index in [1.165, 1.54) is 12.1 Å². The van der Waals surface area contributed by atoms with Crippen LogP contribution in [0.5, 0.6) is 0 Å². The van der Waals surface area contributed by atoms with Crippen LogP contribution in [0.2, 0.25) is 0 Å². The summed E-state index contributed by atoms with van der Waals surface area (Å²) in [5.74, 6) is 3.41. The number of thioether (sulfide) groups is 1. The topological polar surface area (TPSA) is 54.3 Å². The molecule has 10 heteroatoms. The zero-order valence-electron chi connectivity index (χ0n) is 21.9. The van der Waals surface area contributed by atoms with Gasteiger partial charge in [0.25, 0.3) is 0 Å². The molecule has 6 nitrogen and oxygen atoms in total. The maximum absolute atomic E-state index is 12.9. The number of benzene rings is 1. The van der Waals surface area contributed by atoms with Crippen LogP contribution in [0, 0.1) is 11.3 Å². The number of hydrogen-bond donors (Lipinski definition) is 0. The lowest BCUT2D eigenvalue weighted by Gasteiger charge is -2.31. The van der Waals surface area contributed by atoms with Crippen LogP contribution in [0.1, 0.15) is 73.7 Å². The first-order valence-corrected chi connectivity index (χ1v) is 14.9.